The lowest BCUT2D eigenvalue weighted by Crippen LogP contribution is -2.43. The van der Waals surface area contributed by atoms with Gasteiger partial charge in [-0.1, -0.05) is 0 Å². The average Bonchev–Trinajstić information content (AvgIpc) is 2.79. The van der Waals surface area contributed by atoms with E-state index >= 15 is 0 Å². The number of halogens is 1. The van der Waals surface area contributed by atoms with Gasteiger partial charge in [0.1, 0.15) is 5.60 Å². The van der Waals surface area contributed by atoms with Gasteiger partial charge in [0, 0.05) is 29.7 Å². The van der Waals surface area contributed by atoms with Crippen LogP contribution in [0.3, 0.4) is 0 Å². The standard InChI is InChI=1S/C12H17BrN2O4S/c1-8-4-9(13)10(14)5-11(8)20(17,18)15-6-12(16)2-3-19-7-12/h4-5,15-16H,2-3,6-7,14H2,1H3. The van der Waals surface area contributed by atoms with E-state index in [1.807, 2.05) is 0 Å². The Kier molecular flexibility index (Phi) is 4.41. The summed E-state index contributed by atoms with van der Waals surface area (Å²) in [5.41, 5.74) is 5.51. The van der Waals surface area contributed by atoms with Crippen molar-refractivity contribution in [2.75, 3.05) is 25.5 Å². The second-order valence-electron chi connectivity index (χ2n) is 4.99. The van der Waals surface area contributed by atoms with Crippen LogP contribution >= 0.6 is 15.9 Å². The number of anilines is 1. The van der Waals surface area contributed by atoms with Crippen molar-refractivity contribution in [1.29, 1.82) is 0 Å². The van der Waals surface area contributed by atoms with E-state index in [4.69, 9.17) is 10.5 Å². The lowest BCUT2D eigenvalue weighted by Gasteiger charge is -2.21. The second-order valence-corrected chi connectivity index (χ2v) is 7.58. The normalized spacial score (nSPS) is 23.1. The fraction of sp³-hybridized carbons (Fsp3) is 0.500. The number of sulfonamides is 1. The van der Waals surface area contributed by atoms with Gasteiger partial charge in [0.2, 0.25) is 10.0 Å². The van der Waals surface area contributed by atoms with E-state index in [1.165, 1.54) is 6.07 Å². The molecule has 1 unspecified atom stereocenters. The van der Waals surface area contributed by atoms with Crippen molar-refractivity contribution in [1.82, 2.24) is 4.72 Å². The van der Waals surface area contributed by atoms with Crippen molar-refractivity contribution in [3.63, 3.8) is 0 Å². The van der Waals surface area contributed by atoms with Crippen LogP contribution in [0.5, 0.6) is 0 Å². The van der Waals surface area contributed by atoms with Crippen molar-refractivity contribution >= 4 is 31.6 Å². The van der Waals surface area contributed by atoms with Crippen LogP contribution in [0, 0.1) is 6.92 Å². The Morgan fingerprint density at radius 1 is 1.55 bits per heavy atom. The molecule has 2 rings (SSSR count). The molecule has 0 bridgehead atoms. The van der Waals surface area contributed by atoms with Gasteiger partial charge < -0.3 is 15.6 Å². The quantitative estimate of drug-likeness (QED) is 0.684. The summed E-state index contributed by atoms with van der Waals surface area (Å²) in [4.78, 5) is 0.112. The van der Waals surface area contributed by atoms with Crippen LogP contribution in [0.2, 0.25) is 0 Å². The van der Waals surface area contributed by atoms with Gasteiger partial charge in [-0.05, 0) is 40.5 Å². The molecule has 1 saturated heterocycles. The molecule has 1 atom stereocenters. The van der Waals surface area contributed by atoms with Crippen LogP contribution in [-0.4, -0.2) is 38.9 Å². The Labute approximate surface area is 126 Å². The minimum atomic E-state index is -3.72. The number of nitrogens with two attached hydrogens (primary N) is 1. The fourth-order valence-electron chi connectivity index (χ4n) is 2.00. The van der Waals surface area contributed by atoms with E-state index in [1.54, 1.807) is 13.0 Å². The Balaban J connectivity index is 2.20. The Morgan fingerprint density at radius 2 is 2.25 bits per heavy atom. The zero-order valence-electron chi connectivity index (χ0n) is 11.0. The number of nitrogen functional groups attached to an aromatic ring is 1. The maximum atomic E-state index is 12.3. The first-order valence-electron chi connectivity index (χ1n) is 6.09. The molecule has 0 aromatic heterocycles. The van der Waals surface area contributed by atoms with Crippen molar-refractivity contribution in [2.45, 2.75) is 23.8 Å². The summed E-state index contributed by atoms with van der Waals surface area (Å²) in [5.74, 6) is 0. The number of aliphatic hydroxyl groups is 1. The topological polar surface area (TPSA) is 102 Å². The van der Waals surface area contributed by atoms with E-state index < -0.39 is 15.6 Å². The third-order valence-electron chi connectivity index (χ3n) is 3.26. The van der Waals surface area contributed by atoms with Crippen molar-refractivity contribution in [2.24, 2.45) is 0 Å². The molecule has 20 heavy (non-hydrogen) atoms. The highest BCUT2D eigenvalue weighted by atomic mass is 79.9. The number of aryl methyl sites for hydroxylation is 1. The molecule has 8 heteroatoms. The summed E-state index contributed by atoms with van der Waals surface area (Å²) < 4.78 is 32.7. The van der Waals surface area contributed by atoms with Crippen LogP contribution < -0.4 is 10.5 Å². The highest BCUT2D eigenvalue weighted by molar-refractivity contribution is 9.10. The number of hydrogen-bond donors (Lipinski definition) is 3. The third kappa shape index (κ3) is 3.32. The van der Waals surface area contributed by atoms with E-state index in [2.05, 4.69) is 20.7 Å². The van der Waals surface area contributed by atoms with Gasteiger partial charge >= 0.3 is 0 Å². The largest absolute Gasteiger partial charge is 0.398 e. The third-order valence-corrected chi connectivity index (χ3v) is 5.49. The highest BCUT2D eigenvalue weighted by Crippen LogP contribution is 2.27. The number of nitrogens with one attached hydrogen (secondary N) is 1. The predicted molar refractivity (Wildman–Crippen MR) is 78.9 cm³/mol. The molecule has 0 amide bonds. The monoisotopic (exact) mass is 364 g/mol. The van der Waals surface area contributed by atoms with Gasteiger partial charge in [0.15, 0.2) is 0 Å². The van der Waals surface area contributed by atoms with Crippen molar-refractivity contribution < 1.29 is 18.3 Å². The smallest absolute Gasteiger partial charge is 0.241 e. The van der Waals surface area contributed by atoms with Crippen LogP contribution in [0.1, 0.15) is 12.0 Å². The molecule has 1 aromatic rings. The van der Waals surface area contributed by atoms with Crippen LogP contribution in [0.4, 0.5) is 5.69 Å². The van der Waals surface area contributed by atoms with E-state index in [0.29, 0.717) is 28.8 Å². The molecule has 1 aromatic carbocycles. The average molecular weight is 365 g/mol. The maximum Gasteiger partial charge on any atom is 0.241 e. The van der Waals surface area contributed by atoms with Gasteiger partial charge in [0.25, 0.3) is 0 Å². The predicted octanol–water partition coefficient (Wildman–Crippen LogP) is 0.769. The summed E-state index contributed by atoms with van der Waals surface area (Å²) in [6, 6.07) is 3.05. The molecule has 4 N–H and O–H groups in total. The highest BCUT2D eigenvalue weighted by Gasteiger charge is 2.34. The van der Waals surface area contributed by atoms with E-state index in [9.17, 15) is 13.5 Å². The molecular weight excluding hydrogens is 348 g/mol. The van der Waals surface area contributed by atoms with Gasteiger partial charge in [0.05, 0.1) is 11.5 Å². The number of benzene rings is 1. The fourth-order valence-corrected chi connectivity index (χ4v) is 3.84. The van der Waals surface area contributed by atoms with Crippen LogP contribution in [-0.2, 0) is 14.8 Å². The first kappa shape index (κ1) is 15.7. The zero-order chi connectivity index (χ0) is 15.0. The summed E-state index contributed by atoms with van der Waals surface area (Å²) in [7, 11) is -3.72. The second kappa shape index (κ2) is 5.61. The molecule has 0 saturated carbocycles. The van der Waals surface area contributed by atoms with Crippen molar-refractivity contribution in [3.05, 3.63) is 22.2 Å². The minimum Gasteiger partial charge on any atom is -0.398 e. The summed E-state index contributed by atoms with van der Waals surface area (Å²) in [5, 5.41) is 10.1. The van der Waals surface area contributed by atoms with Crippen LogP contribution in [0.15, 0.2) is 21.5 Å². The Hall–Kier alpha value is -0.670. The molecular formula is C12H17BrN2O4S. The molecule has 0 spiro atoms. The Bertz CT molecular complexity index is 612. The SMILES string of the molecule is Cc1cc(Br)c(N)cc1S(=O)(=O)NCC1(O)CCOC1. The summed E-state index contributed by atoms with van der Waals surface area (Å²) >= 11 is 3.25. The van der Waals surface area contributed by atoms with Gasteiger partial charge in [-0.25, -0.2) is 13.1 Å². The molecule has 1 fully saturated rings. The first-order chi connectivity index (χ1) is 9.23. The number of hydrogen-bond acceptors (Lipinski definition) is 5. The first-order valence-corrected chi connectivity index (χ1v) is 8.37. The molecule has 112 valence electrons. The molecule has 0 radical (unpaired) electrons. The molecule has 6 nitrogen and oxygen atoms in total. The zero-order valence-corrected chi connectivity index (χ0v) is 13.4. The molecule has 1 aliphatic heterocycles. The lowest BCUT2D eigenvalue weighted by molar-refractivity contribution is 0.0314. The molecule has 1 aliphatic rings. The minimum absolute atomic E-state index is 0.0786. The summed E-state index contributed by atoms with van der Waals surface area (Å²) in [6.45, 7) is 2.18. The van der Waals surface area contributed by atoms with Gasteiger partial charge in [-0.3, -0.25) is 0 Å². The lowest BCUT2D eigenvalue weighted by atomic mass is 10.1. The van der Waals surface area contributed by atoms with Crippen LogP contribution in [0.25, 0.3) is 0 Å². The molecule has 1 heterocycles. The van der Waals surface area contributed by atoms with Crippen molar-refractivity contribution in [3.8, 4) is 0 Å². The van der Waals surface area contributed by atoms with Gasteiger partial charge in [-0.2, -0.15) is 0 Å². The van der Waals surface area contributed by atoms with E-state index in [0.717, 1.165) is 0 Å². The Morgan fingerprint density at radius 3 is 2.85 bits per heavy atom. The number of rotatable bonds is 4. The van der Waals surface area contributed by atoms with E-state index in [-0.39, 0.29) is 18.0 Å². The maximum absolute atomic E-state index is 12.3. The van der Waals surface area contributed by atoms with Gasteiger partial charge in [-0.15, -0.1) is 0 Å². The number of ether oxygens (including phenoxy) is 1. The molecule has 0 aliphatic carbocycles. The summed E-state index contributed by atoms with van der Waals surface area (Å²) in [6.07, 6.45) is 0.414.